The Morgan fingerprint density at radius 3 is 2.96 bits per heavy atom. The fourth-order valence-electron chi connectivity index (χ4n) is 3.11. The van der Waals surface area contributed by atoms with Crippen molar-refractivity contribution >= 4 is 10.9 Å². The number of rotatable bonds is 0. The molecule has 0 atom stereocenters. The van der Waals surface area contributed by atoms with Gasteiger partial charge in [0.1, 0.15) is 11.4 Å². The fraction of sp³-hybridized carbons (Fsp3) is 0.316. The second kappa shape index (κ2) is 6.42. The molecule has 1 aliphatic heterocycles. The summed E-state index contributed by atoms with van der Waals surface area (Å²) in [5, 5.41) is 12.3. The van der Waals surface area contributed by atoms with Crippen LogP contribution in [0.4, 0.5) is 0 Å². The molecule has 2 N–H and O–H groups in total. The summed E-state index contributed by atoms with van der Waals surface area (Å²) in [6.45, 7) is 2.78. The van der Waals surface area contributed by atoms with E-state index in [1.165, 1.54) is 5.56 Å². The third kappa shape index (κ3) is 3.08. The Hall–Kier alpha value is -2.33. The summed E-state index contributed by atoms with van der Waals surface area (Å²) in [5.41, 5.74) is 4.57. The smallest absolute Gasteiger partial charge is 0.120 e. The van der Waals surface area contributed by atoms with Crippen molar-refractivity contribution in [1.82, 2.24) is 15.5 Å². The number of hydrogen-bond donors (Lipinski definition) is 2. The minimum absolute atomic E-state index is 0.736. The second-order valence-corrected chi connectivity index (χ2v) is 6.04. The molecule has 2 aromatic carbocycles. The number of aromatic nitrogens is 2. The summed E-state index contributed by atoms with van der Waals surface area (Å²) in [5.74, 6) is 0.908. The number of ether oxygens (including phenoxy) is 1. The molecule has 0 amide bonds. The number of H-pyrrole nitrogens is 1. The monoisotopic (exact) mass is 307 g/mol. The van der Waals surface area contributed by atoms with Crippen molar-refractivity contribution in [2.75, 3.05) is 19.7 Å². The first-order valence-electron chi connectivity index (χ1n) is 8.31. The third-order valence-corrected chi connectivity index (χ3v) is 4.32. The zero-order chi connectivity index (χ0) is 15.5. The molecule has 2 heterocycles. The van der Waals surface area contributed by atoms with E-state index in [2.05, 4.69) is 45.8 Å². The van der Waals surface area contributed by atoms with Crippen LogP contribution in [0.5, 0.6) is 5.75 Å². The first kappa shape index (κ1) is 14.3. The Morgan fingerprint density at radius 2 is 1.96 bits per heavy atom. The number of hydrogen-bond acceptors (Lipinski definition) is 3. The molecule has 0 spiro atoms. The molecule has 118 valence electrons. The number of nitrogens with zero attached hydrogens (tertiary/aromatic N) is 1. The maximum atomic E-state index is 5.89. The van der Waals surface area contributed by atoms with Crippen LogP contribution in [-0.4, -0.2) is 29.9 Å². The molecule has 4 nitrogen and oxygen atoms in total. The van der Waals surface area contributed by atoms with E-state index in [-0.39, 0.29) is 0 Å². The first-order valence-corrected chi connectivity index (χ1v) is 8.31. The summed E-state index contributed by atoms with van der Waals surface area (Å²) < 4.78 is 5.89. The Bertz CT molecular complexity index is 809. The van der Waals surface area contributed by atoms with E-state index in [1.807, 2.05) is 12.1 Å². The lowest BCUT2D eigenvalue weighted by Crippen LogP contribution is -2.19. The summed E-state index contributed by atoms with van der Waals surface area (Å²) in [4.78, 5) is 0. The van der Waals surface area contributed by atoms with E-state index in [1.54, 1.807) is 0 Å². The maximum absolute atomic E-state index is 5.89. The van der Waals surface area contributed by atoms with Crippen molar-refractivity contribution in [3.05, 3.63) is 48.0 Å². The van der Waals surface area contributed by atoms with Gasteiger partial charge < -0.3 is 10.1 Å². The molecule has 0 aliphatic carbocycles. The molecule has 0 saturated carbocycles. The van der Waals surface area contributed by atoms with Gasteiger partial charge in [-0.1, -0.05) is 18.2 Å². The molecule has 4 bridgehead atoms. The number of fused-ring (bicyclic) bond motifs is 4. The number of aryl methyl sites for hydroxylation is 1. The summed E-state index contributed by atoms with van der Waals surface area (Å²) in [6, 6.07) is 14.8. The predicted octanol–water partition coefficient (Wildman–Crippen LogP) is 3.53. The van der Waals surface area contributed by atoms with Crippen molar-refractivity contribution in [1.29, 1.82) is 0 Å². The fourth-order valence-corrected chi connectivity index (χ4v) is 3.11. The van der Waals surface area contributed by atoms with E-state index >= 15 is 0 Å². The first-order chi connectivity index (χ1) is 11.4. The molecule has 0 fully saturated rings. The molecule has 23 heavy (non-hydrogen) atoms. The van der Waals surface area contributed by atoms with Crippen molar-refractivity contribution in [3.8, 4) is 17.0 Å². The normalized spacial score (nSPS) is 15.8. The Kier molecular flexibility index (Phi) is 3.99. The van der Waals surface area contributed by atoms with Gasteiger partial charge in [0.05, 0.1) is 12.1 Å². The minimum Gasteiger partial charge on any atom is -0.494 e. The zero-order valence-electron chi connectivity index (χ0n) is 13.1. The lowest BCUT2D eigenvalue weighted by atomic mass is 10.0. The van der Waals surface area contributed by atoms with Crippen LogP contribution in [0.2, 0.25) is 0 Å². The van der Waals surface area contributed by atoms with Crippen LogP contribution in [0, 0.1) is 0 Å². The van der Waals surface area contributed by atoms with Crippen molar-refractivity contribution in [3.63, 3.8) is 0 Å². The largest absolute Gasteiger partial charge is 0.494 e. The average Bonchev–Trinajstić information content (AvgIpc) is 3.00. The molecule has 4 heteroatoms. The summed E-state index contributed by atoms with van der Waals surface area (Å²) in [7, 11) is 0. The highest BCUT2D eigenvalue weighted by Crippen LogP contribution is 2.30. The van der Waals surface area contributed by atoms with Gasteiger partial charge in [0.2, 0.25) is 0 Å². The standard InChI is InChI=1S/C19H21N3O/c1-4-14-5-2-9-20-10-3-11-23-16-7-8-18-17(13-16)19(22-21-18)15(6-1)12-14/h1,4,6-8,12-13,20H,2-3,5,9-11H2,(H,21,22). The van der Waals surface area contributed by atoms with Crippen LogP contribution >= 0.6 is 0 Å². The highest BCUT2D eigenvalue weighted by atomic mass is 16.5. The van der Waals surface area contributed by atoms with Gasteiger partial charge in [-0.15, -0.1) is 0 Å². The van der Waals surface area contributed by atoms with Crippen LogP contribution in [0.3, 0.4) is 0 Å². The van der Waals surface area contributed by atoms with Crippen LogP contribution in [0.25, 0.3) is 22.2 Å². The van der Waals surface area contributed by atoms with Gasteiger partial charge in [0.25, 0.3) is 0 Å². The van der Waals surface area contributed by atoms with E-state index in [9.17, 15) is 0 Å². The van der Waals surface area contributed by atoms with Crippen LogP contribution in [-0.2, 0) is 6.42 Å². The van der Waals surface area contributed by atoms with Gasteiger partial charge in [0.15, 0.2) is 0 Å². The van der Waals surface area contributed by atoms with Gasteiger partial charge in [0, 0.05) is 10.9 Å². The minimum atomic E-state index is 0.736. The molecule has 0 saturated heterocycles. The van der Waals surface area contributed by atoms with Gasteiger partial charge in [-0.2, -0.15) is 5.10 Å². The summed E-state index contributed by atoms with van der Waals surface area (Å²) >= 11 is 0. The quantitative estimate of drug-likeness (QED) is 0.668. The zero-order valence-corrected chi connectivity index (χ0v) is 13.1. The van der Waals surface area contributed by atoms with Gasteiger partial charge in [-0.25, -0.2) is 0 Å². The molecular weight excluding hydrogens is 286 g/mol. The molecule has 1 aromatic heterocycles. The Balaban J connectivity index is 1.78. The van der Waals surface area contributed by atoms with Crippen molar-refractivity contribution < 1.29 is 4.74 Å². The highest BCUT2D eigenvalue weighted by molar-refractivity contribution is 5.93. The third-order valence-electron chi connectivity index (χ3n) is 4.32. The molecule has 0 unspecified atom stereocenters. The Labute approximate surface area is 135 Å². The molecular formula is C19H21N3O. The van der Waals surface area contributed by atoms with E-state index in [0.717, 1.165) is 66.9 Å². The van der Waals surface area contributed by atoms with E-state index in [4.69, 9.17) is 4.74 Å². The Morgan fingerprint density at radius 1 is 1.00 bits per heavy atom. The van der Waals surface area contributed by atoms with Crippen LogP contribution < -0.4 is 10.1 Å². The molecule has 4 rings (SSSR count). The highest BCUT2D eigenvalue weighted by Gasteiger charge is 2.10. The van der Waals surface area contributed by atoms with Crippen molar-refractivity contribution in [2.24, 2.45) is 0 Å². The van der Waals surface area contributed by atoms with Crippen LogP contribution in [0.1, 0.15) is 18.4 Å². The molecule has 1 aliphatic rings. The van der Waals surface area contributed by atoms with Crippen molar-refractivity contribution in [2.45, 2.75) is 19.3 Å². The average molecular weight is 307 g/mol. The summed E-state index contributed by atoms with van der Waals surface area (Å²) in [6.07, 6.45) is 3.25. The van der Waals surface area contributed by atoms with Gasteiger partial charge >= 0.3 is 0 Å². The van der Waals surface area contributed by atoms with Gasteiger partial charge in [-0.3, -0.25) is 5.10 Å². The topological polar surface area (TPSA) is 49.9 Å². The van der Waals surface area contributed by atoms with Crippen LogP contribution in [0.15, 0.2) is 42.5 Å². The molecule has 3 aromatic rings. The SMILES string of the molecule is c1cc2cc(c1)-c1n[nH]c3ccc(cc13)OCCCNCCC2. The lowest BCUT2D eigenvalue weighted by Gasteiger charge is -2.07. The van der Waals surface area contributed by atoms with Gasteiger partial charge in [-0.05, 0) is 62.2 Å². The number of aromatic amines is 1. The van der Waals surface area contributed by atoms with E-state index < -0.39 is 0 Å². The number of nitrogens with one attached hydrogen (secondary N) is 2. The van der Waals surface area contributed by atoms with E-state index in [0.29, 0.717) is 0 Å². The maximum Gasteiger partial charge on any atom is 0.120 e. The predicted molar refractivity (Wildman–Crippen MR) is 92.8 cm³/mol. The lowest BCUT2D eigenvalue weighted by molar-refractivity contribution is 0.308. The second-order valence-electron chi connectivity index (χ2n) is 6.04. The molecule has 0 radical (unpaired) electrons. The number of benzene rings is 2.